The van der Waals surface area contributed by atoms with Crippen molar-refractivity contribution in [2.75, 3.05) is 32.2 Å². The van der Waals surface area contributed by atoms with Crippen molar-refractivity contribution in [3.8, 4) is 0 Å². The van der Waals surface area contributed by atoms with Gasteiger partial charge in [-0.1, -0.05) is 6.07 Å². The van der Waals surface area contributed by atoms with Crippen molar-refractivity contribution in [2.45, 2.75) is 37.9 Å². The molecule has 2 heterocycles. The fourth-order valence-corrected chi connectivity index (χ4v) is 3.90. The molecule has 142 valence electrons. The van der Waals surface area contributed by atoms with Gasteiger partial charge in [0, 0.05) is 50.9 Å². The van der Waals surface area contributed by atoms with Crippen LogP contribution in [0.1, 0.15) is 37.2 Å². The molecule has 0 aliphatic carbocycles. The summed E-state index contributed by atoms with van der Waals surface area (Å²) in [4.78, 5) is 25.4. The van der Waals surface area contributed by atoms with Crippen molar-refractivity contribution in [2.24, 2.45) is 5.92 Å². The number of anilines is 1. The van der Waals surface area contributed by atoms with E-state index in [1.807, 2.05) is 6.07 Å². The van der Waals surface area contributed by atoms with Crippen molar-refractivity contribution in [1.29, 1.82) is 0 Å². The van der Waals surface area contributed by atoms with Crippen LogP contribution >= 0.6 is 0 Å². The molecule has 2 aliphatic heterocycles. The summed E-state index contributed by atoms with van der Waals surface area (Å²) in [5.74, 6) is -1.38. The SMILES string of the molecule is COC(OC)C1CCN(c2ccc(C3CCC(=O)NC3=O)c(F)c2)CC1. The molecule has 6 nitrogen and oxygen atoms in total. The summed E-state index contributed by atoms with van der Waals surface area (Å²) in [7, 11) is 3.28. The van der Waals surface area contributed by atoms with Crippen LogP contribution in [0.25, 0.3) is 0 Å². The molecule has 3 rings (SSSR count). The van der Waals surface area contributed by atoms with Gasteiger partial charge in [0.2, 0.25) is 11.8 Å². The van der Waals surface area contributed by atoms with Gasteiger partial charge in [0.05, 0.1) is 5.92 Å². The molecule has 26 heavy (non-hydrogen) atoms. The van der Waals surface area contributed by atoms with Crippen LogP contribution in [0, 0.1) is 11.7 Å². The second-order valence-corrected chi connectivity index (χ2v) is 6.87. The standard InChI is InChI=1S/C19H25FN2O4/c1-25-19(26-2)12-7-9-22(10-8-12)13-3-4-14(16(20)11-13)15-5-6-17(23)21-18(15)24/h3-4,11-12,15,19H,5-10H2,1-2H3,(H,21,23,24). The number of benzene rings is 1. The van der Waals surface area contributed by atoms with Gasteiger partial charge >= 0.3 is 0 Å². The fraction of sp³-hybridized carbons (Fsp3) is 0.579. The average Bonchev–Trinajstić information content (AvgIpc) is 2.64. The summed E-state index contributed by atoms with van der Waals surface area (Å²) in [6, 6.07) is 5.01. The number of nitrogens with one attached hydrogen (secondary N) is 1. The molecule has 1 N–H and O–H groups in total. The molecule has 2 amide bonds. The predicted octanol–water partition coefficient (Wildman–Crippen LogP) is 2.18. The normalized spacial score (nSPS) is 22.0. The number of nitrogens with zero attached hydrogens (tertiary/aromatic N) is 1. The molecule has 1 aromatic rings. The highest BCUT2D eigenvalue weighted by Gasteiger charge is 2.31. The maximum Gasteiger partial charge on any atom is 0.234 e. The van der Waals surface area contributed by atoms with Crippen molar-refractivity contribution >= 4 is 17.5 Å². The lowest BCUT2D eigenvalue weighted by Crippen LogP contribution is -2.40. The number of rotatable bonds is 5. The number of methoxy groups -OCH3 is 2. The smallest absolute Gasteiger partial charge is 0.234 e. The van der Waals surface area contributed by atoms with Gasteiger partial charge < -0.3 is 14.4 Å². The summed E-state index contributed by atoms with van der Waals surface area (Å²) in [5.41, 5.74) is 1.16. The molecule has 0 saturated carbocycles. The van der Waals surface area contributed by atoms with Gasteiger partial charge in [0.15, 0.2) is 6.29 Å². The minimum Gasteiger partial charge on any atom is -0.371 e. The van der Waals surface area contributed by atoms with Gasteiger partial charge in [0.25, 0.3) is 0 Å². The fourth-order valence-electron chi connectivity index (χ4n) is 3.90. The van der Waals surface area contributed by atoms with E-state index in [0.717, 1.165) is 31.6 Å². The van der Waals surface area contributed by atoms with Gasteiger partial charge in [-0.2, -0.15) is 0 Å². The Labute approximate surface area is 152 Å². The molecule has 1 unspecified atom stereocenters. The predicted molar refractivity (Wildman–Crippen MR) is 94.3 cm³/mol. The van der Waals surface area contributed by atoms with E-state index < -0.39 is 17.6 Å². The second-order valence-electron chi connectivity index (χ2n) is 6.87. The third-order valence-corrected chi connectivity index (χ3v) is 5.35. The Morgan fingerprint density at radius 3 is 2.42 bits per heavy atom. The first-order valence-corrected chi connectivity index (χ1v) is 8.97. The highest BCUT2D eigenvalue weighted by molar-refractivity contribution is 6.00. The highest BCUT2D eigenvalue weighted by Crippen LogP contribution is 2.31. The molecule has 1 atom stereocenters. The van der Waals surface area contributed by atoms with Crippen LogP contribution in [-0.2, 0) is 19.1 Å². The minimum absolute atomic E-state index is 0.205. The first kappa shape index (κ1) is 18.8. The van der Waals surface area contributed by atoms with Crippen LogP contribution in [0.15, 0.2) is 18.2 Å². The number of hydrogen-bond acceptors (Lipinski definition) is 5. The second kappa shape index (κ2) is 8.14. The summed E-state index contributed by atoms with van der Waals surface area (Å²) >= 11 is 0. The van der Waals surface area contributed by atoms with Gasteiger partial charge in [-0.15, -0.1) is 0 Å². The minimum atomic E-state index is -0.600. The number of piperidine rings is 2. The number of ether oxygens (including phenoxy) is 2. The van der Waals surface area contributed by atoms with Crippen LogP contribution in [0.4, 0.5) is 10.1 Å². The number of amides is 2. The van der Waals surface area contributed by atoms with Crippen LogP contribution in [0.5, 0.6) is 0 Å². The summed E-state index contributed by atoms with van der Waals surface area (Å²) in [6.45, 7) is 1.59. The Kier molecular flexibility index (Phi) is 5.88. The van der Waals surface area contributed by atoms with Crippen molar-refractivity contribution in [3.63, 3.8) is 0 Å². The van der Waals surface area contributed by atoms with Crippen molar-refractivity contribution in [1.82, 2.24) is 5.32 Å². The Morgan fingerprint density at radius 2 is 1.85 bits per heavy atom. The number of hydrogen-bond donors (Lipinski definition) is 1. The van der Waals surface area contributed by atoms with Crippen LogP contribution in [0.2, 0.25) is 0 Å². The first-order valence-electron chi connectivity index (χ1n) is 8.97. The van der Waals surface area contributed by atoms with Crippen LogP contribution < -0.4 is 10.2 Å². The van der Waals surface area contributed by atoms with E-state index in [-0.39, 0.29) is 18.6 Å². The first-order chi connectivity index (χ1) is 12.5. The number of imide groups is 1. The molecule has 0 aromatic heterocycles. The third kappa shape index (κ3) is 3.88. The zero-order chi connectivity index (χ0) is 18.7. The van der Waals surface area contributed by atoms with E-state index in [9.17, 15) is 14.0 Å². The summed E-state index contributed by atoms with van der Waals surface area (Å²) in [6.07, 6.45) is 2.20. The van der Waals surface area contributed by atoms with Gasteiger partial charge in [0.1, 0.15) is 5.82 Å². The van der Waals surface area contributed by atoms with E-state index in [0.29, 0.717) is 17.9 Å². The molecule has 2 saturated heterocycles. The van der Waals surface area contributed by atoms with E-state index in [4.69, 9.17) is 9.47 Å². The molecule has 1 aromatic carbocycles. The number of carbonyl (C=O) groups is 2. The molecule has 0 bridgehead atoms. The summed E-state index contributed by atoms with van der Waals surface area (Å²) in [5, 5.41) is 2.28. The monoisotopic (exact) mass is 364 g/mol. The van der Waals surface area contributed by atoms with Crippen molar-refractivity contribution < 1.29 is 23.5 Å². The largest absolute Gasteiger partial charge is 0.371 e. The Bertz CT molecular complexity index is 670. The van der Waals surface area contributed by atoms with E-state index >= 15 is 0 Å². The Balaban J connectivity index is 1.67. The lowest BCUT2D eigenvalue weighted by molar-refractivity contribution is -0.141. The molecular formula is C19H25FN2O4. The Hall–Kier alpha value is -1.99. The van der Waals surface area contributed by atoms with Gasteiger partial charge in [-0.05, 0) is 31.4 Å². The lowest BCUT2D eigenvalue weighted by Gasteiger charge is -2.36. The van der Waals surface area contributed by atoms with E-state index in [2.05, 4.69) is 10.2 Å². The Morgan fingerprint density at radius 1 is 1.15 bits per heavy atom. The van der Waals surface area contributed by atoms with E-state index in [1.54, 1.807) is 20.3 Å². The molecule has 2 aliphatic rings. The van der Waals surface area contributed by atoms with Crippen LogP contribution in [-0.4, -0.2) is 45.4 Å². The highest BCUT2D eigenvalue weighted by atomic mass is 19.1. The van der Waals surface area contributed by atoms with Gasteiger partial charge in [-0.25, -0.2) is 4.39 Å². The zero-order valence-electron chi connectivity index (χ0n) is 15.2. The molecule has 0 spiro atoms. The van der Waals surface area contributed by atoms with E-state index in [1.165, 1.54) is 6.07 Å². The number of carbonyl (C=O) groups excluding carboxylic acids is 2. The molecule has 7 heteroatoms. The maximum absolute atomic E-state index is 14.6. The third-order valence-electron chi connectivity index (χ3n) is 5.35. The summed E-state index contributed by atoms with van der Waals surface area (Å²) < 4.78 is 25.3. The van der Waals surface area contributed by atoms with Gasteiger partial charge in [-0.3, -0.25) is 14.9 Å². The topological polar surface area (TPSA) is 67.9 Å². The van der Waals surface area contributed by atoms with Crippen LogP contribution in [0.3, 0.4) is 0 Å². The molecular weight excluding hydrogens is 339 g/mol. The zero-order valence-corrected chi connectivity index (χ0v) is 15.2. The maximum atomic E-state index is 14.6. The lowest BCUT2D eigenvalue weighted by atomic mass is 9.89. The molecule has 0 radical (unpaired) electrons. The quantitative estimate of drug-likeness (QED) is 0.641. The van der Waals surface area contributed by atoms with Crippen molar-refractivity contribution in [3.05, 3.63) is 29.6 Å². The molecule has 2 fully saturated rings. The number of halogens is 1. The average molecular weight is 364 g/mol.